The molecule has 4 aromatic carbocycles. The molecule has 6 rings (SSSR count). The normalized spacial score (nSPS) is 12.1. The zero-order valence-electron chi connectivity index (χ0n) is 20.9. The summed E-state index contributed by atoms with van der Waals surface area (Å²) >= 11 is 0. The quantitative estimate of drug-likeness (QED) is 0.204. The van der Waals surface area contributed by atoms with Gasteiger partial charge in [-0.1, -0.05) is 54.6 Å². The molecule has 9 heteroatoms. The van der Waals surface area contributed by atoms with Crippen molar-refractivity contribution in [1.29, 1.82) is 5.26 Å². The molecule has 202 valence electrons. The van der Waals surface area contributed by atoms with E-state index < -0.39 is 34.5 Å². The third-order valence-corrected chi connectivity index (χ3v) is 6.99. The van der Waals surface area contributed by atoms with Crippen LogP contribution in [0.3, 0.4) is 0 Å². The van der Waals surface area contributed by atoms with Crippen LogP contribution in [-0.4, -0.2) is 9.55 Å². The molecule has 0 atom stereocenters. The Morgan fingerprint density at radius 3 is 1.66 bits per heavy atom. The van der Waals surface area contributed by atoms with Gasteiger partial charge in [-0.2, -0.15) is 31.6 Å². The number of hydrogen-bond donors (Lipinski definition) is 0. The zero-order chi connectivity index (χ0) is 28.9. The van der Waals surface area contributed by atoms with E-state index >= 15 is 0 Å². The van der Waals surface area contributed by atoms with Crippen LogP contribution in [0.25, 0.3) is 49.7 Å². The number of hydrogen-bond acceptors (Lipinski definition) is 2. The van der Waals surface area contributed by atoms with Gasteiger partial charge in [0.2, 0.25) is 0 Å². The van der Waals surface area contributed by atoms with E-state index in [1.54, 1.807) is 48.5 Å². The number of fused-ring (bicyclic) bond motifs is 3. The first-order chi connectivity index (χ1) is 19.6. The van der Waals surface area contributed by atoms with Crippen molar-refractivity contribution in [2.75, 3.05) is 0 Å². The van der Waals surface area contributed by atoms with E-state index in [1.807, 2.05) is 0 Å². The number of nitriles is 1. The first-order valence-corrected chi connectivity index (χ1v) is 12.3. The molecule has 0 bridgehead atoms. The van der Waals surface area contributed by atoms with Crippen molar-refractivity contribution >= 4 is 21.8 Å². The van der Waals surface area contributed by atoms with Gasteiger partial charge in [0.25, 0.3) is 0 Å². The van der Waals surface area contributed by atoms with Gasteiger partial charge < -0.3 is 4.57 Å². The molecule has 2 heterocycles. The van der Waals surface area contributed by atoms with Gasteiger partial charge in [-0.25, -0.2) is 0 Å². The average molecular weight is 557 g/mol. The molecule has 6 aromatic rings. The van der Waals surface area contributed by atoms with Gasteiger partial charge in [-0.3, -0.25) is 4.98 Å². The van der Waals surface area contributed by atoms with Crippen molar-refractivity contribution in [1.82, 2.24) is 9.55 Å². The van der Waals surface area contributed by atoms with E-state index in [0.717, 1.165) is 16.7 Å². The van der Waals surface area contributed by atoms with Crippen LogP contribution in [0.1, 0.15) is 16.7 Å². The fourth-order valence-electron chi connectivity index (χ4n) is 5.30. The molecular formula is C32H17F6N3. The SMILES string of the molecule is N#Cc1cc(-n2c3c(C(F)(F)F)cccc3c3cccc(C(F)(F)F)c32)c(-c2ccccc2)cc1-c1ccncc1. The lowest BCUT2D eigenvalue weighted by atomic mass is 9.93. The first-order valence-electron chi connectivity index (χ1n) is 12.3. The maximum atomic E-state index is 14.4. The molecule has 0 aliphatic rings. The Balaban J connectivity index is 1.87. The number of alkyl halides is 6. The van der Waals surface area contributed by atoms with Crippen molar-refractivity contribution < 1.29 is 26.3 Å². The van der Waals surface area contributed by atoms with E-state index in [1.165, 1.54) is 42.7 Å². The lowest BCUT2D eigenvalue weighted by Crippen LogP contribution is -2.11. The number of para-hydroxylation sites is 2. The lowest BCUT2D eigenvalue weighted by molar-refractivity contribution is -0.136. The Bertz CT molecular complexity index is 1890. The predicted octanol–water partition coefficient (Wildman–Crippen LogP) is 9.42. The Labute approximate surface area is 229 Å². The van der Waals surface area contributed by atoms with Gasteiger partial charge in [-0.05, 0) is 47.5 Å². The summed E-state index contributed by atoms with van der Waals surface area (Å²) in [7, 11) is 0. The Morgan fingerprint density at radius 1 is 0.610 bits per heavy atom. The van der Waals surface area contributed by atoms with E-state index in [4.69, 9.17) is 0 Å². The molecule has 0 N–H and O–H groups in total. The highest BCUT2D eigenvalue weighted by Crippen LogP contribution is 2.46. The molecule has 0 aliphatic carbocycles. The summed E-state index contributed by atoms with van der Waals surface area (Å²) in [5.74, 6) is 0. The van der Waals surface area contributed by atoms with Crippen molar-refractivity contribution in [3.8, 4) is 34.0 Å². The topological polar surface area (TPSA) is 41.6 Å². The van der Waals surface area contributed by atoms with Crippen LogP contribution in [0.15, 0.2) is 103 Å². The van der Waals surface area contributed by atoms with Gasteiger partial charge in [0, 0.05) is 34.3 Å². The molecule has 0 saturated heterocycles. The van der Waals surface area contributed by atoms with Gasteiger partial charge in [0.05, 0.1) is 39.5 Å². The molecule has 3 nitrogen and oxygen atoms in total. The maximum absolute atomic E-state index is 14.4. The summed E-state index contributed by atoms with van der Waals surface area (Å²) in [5.41, 5.74) is -0.956. The summed E-state index contributed by atoms with van der Waals surface area (Å²) < 4.78 is 87.6. The molecule has 0 fully saturated rings. The molecule has 0 unspecified atom stereocenters. The van der Waals surface area contributed by atoms with Crippen LogP contribution >= 0.6 is 0 Å². The monoisotopic (exact) mass is 557 g/mol. The fourth-order valence-corrected chi connectivity index (χ4v) is 5.30. The number of nitrogens with zero attached hydrogens (tertiary/aromatic N) is 3. The average Bonchev–Trinajstić information content (AvgIpc) is 3.30. The van der Waals surface area contributed by atoms with E-state index in [9.17, 15) is 31.6 Å². The smallest absolute Gasteiger partial charge is 0.307 e. The summed E-state index contributed by atoms with van der Waals surface area (Å²) in [6.45, 7) is 0. The molecule has 0 saturated carbocycles. The van der Waals surface area contributed by atoms with Gasteiger partial charge >= 0.3 is 12.4 Å². The van der Waals surface area contributed by atoms with Crippen molar-refractivity contribution in [2.24, 2.45) is 0 Å². The van der Waals surface area contributed by atoms with Crippen LogP contribution in [0.5, 0.6) is 0 Å². The lowest BCUT2D eigenvalue weighted by Gasteiger charge is -2.20. The van der Waals surface area contributed by atoms with Crippen molar-refractivity contribution in [3.05, 3.63) is 120 Å². The van der Waals surface area contributed by atoms with Crippen LogP contribution in [0, 0.1) is 11.3 Å². The fraction of sp³-hybridized carbons (Fsp3) is 0.0625. The highest BCUT2D eigenvalue weighted by atomic mass is 19.4. The largest absolute Gasteiger partial charge is 0.418 e. The number of pyridine rings is 1. The molecule has 0 amide bonds. The summed E-state index contributed by atoms with van der Waals surface area (Å²) in [4.78, 5) is 4.00. The third kappa shape index (κ3) is 4.38. The highest BCUT2D eigenvalue weighted by molar-refractivity contribution is 6.12. The standard InChI is InChI=1S/C32H17F6N3/c33-31(34,35)26-10-4-8-22-23-9-5-11-27(32(36,37)38)30(23)41(29(22)26)28-16-21(18-39)24(20-12-14-40-15-13-20)17-25(28)19-6-2-1-3-7-19/h1-17H. The summed E-state index contributed by atoms with van der Waals surface area (Å²) in [6, 6.07) is 23.9. The minimum absolute atomic E-state index is 0.0108. The molecule has 0 radical (unpaired) electrons. The minimum atomic E-state index is -4.87. The molecule has 41 heavy (non-hydrogen) atoms. The van der Waals surface area contributed by atoms with Crippen LogP contribution in [-0.2, 0) is 12.4 Å². The minimum Gasteiger partial charge on any atom is -0.307 e. The number of halogens is 6. The Hall–Kier alpha value is -5.10. The van der Waals surface area contributed by atoms with Crippen LogP contribution in [0.2, 0.25) is 0 Å². The first kappa shape index (κ1) is 26.1. The van der Waals surface area contributed by atoms with E-state index in [2.05, 4.69) is 11.1 Å². The number of benzene rings is 4. The highest BCUT2D eigenvalue weighted by Gasteiger charge is 2.38. The third-order valence-electron chi connectivity index (χ3n) is 6.99. The molecule has 2 aromatic heterocycles. The molecule has 0 spiro atoms. The van der Waals surface area contributed by atoms with Gasteiger partial charge in [0.1, 0.15) is 0 Å². The Kier molecular flexibility index (Phi) is 6.07. The zero-order valence-corrected chi connectivity index (χ0v) is 20.9. The molecular weight excluding hydrogens is 540 g/mol. The Morgan fingerprint density at radius 2 is 1.15 bits per heavy atom. The van der Waals surface area contributed by atoms with Crippen LogP contribution < -0.4 is 0 Å². The molecule has 0 aliphatic heterocycles. The van der Waals surface area contributed by atoms with Crippen molar-refractivity contribution in [3.63, 3.8) is 0 Å². The predicted molar refractivity (Wildman–Crippen MR) is 144 cm³/mol. The van der Waals surface area contributed by atoms with E-state index in [0.29, 0.717) is 22.3 Å². The van der Waals surface area contributed by atoms with Crippen LogP contribution in [0.4, 0.5) is 26.3 Å². The summed E-state index contributed by atoms with van der Waals surface area (Å²) in [6.07, 6.45) is -6.67. The number of rotatable bonds is 3. The van der Waals surface area contributed by atoms with Crippen molar-refractivity contribution in [2.45, 2.75) is 12.4 Å². The second kappa shape index (κ2) is 9.52. The number of aromatic nitrogens is 2. The van der Waals surface area contributed by atoms with Gasteiger partial charge in [0.15, 0.2) is 0 Å². The second-order valence-electron chi connectivity index (χ2n) is 9.36. The van der Waals surface area contributed by atoms with E-state index in [-0.39, 0.29) is 22.0 Å². The second-order valence-corrected chi connectivity index (χ2v) is 9.36. The summed E-state index contributed by atoms with van der Waals surface area (Å²) in [5, 5.41) is 10.1. The maximum Gasteiger partial charge on any atom is 0.418 e. The van der Waals surface area contributed by atoms with Gasteiger partial charge in [-0.15, -0.1) is 0 Å².